The van der Waals surface area contributed by atoms with Crippen LogP contribution >= 0.6 is 0 Å². The molecule has 3 heteroatoms. The van der Waals surface area contributed by atoms with Crippen LogP contribution in [-0.2, 0) is 0 Å². The minimum Gasteiger partial charge on any atom is -0.387 e. The highest BCUT2D eigenvalue weighted by atomic mass is 19.1. The molecular weight excluding hydrogens is 241 g/mol. The zero-order valence-electron chi connectivity index (χ0n) is 10.9. The molecule has 2 N–H and O–H groups in total. The molecule has 0 amide bonds. The molecule has 0 heterocycles. The Labute approximate surface area is 113 Å². The Balaban J connectivity index is 1.45. The van der Waals surface area contributed by atoms with E-state index in [1.807, 2.05) is 0 Å². The number of aliphatic hydroxyl groups excluding tert-OH is 1. The lowest BCUT2D eigenvalue weighted by molar-refractivity contribution is 0.171. The minimum atomic E-state index is -0.560. The van der Waals surface area contributed by atoms with Crippen LogP contribution in [0.4, 0.5) is 4.39 Å². The number of aliphatic hydroxyl groups is 1. The number of nitrogens with one attached hydrogen (secondary N) is 1. The van der Waals surface area contributed by atoms with Crippen molar-refractivity contribution in [1.29, 1.82) is 0 Å². The van der Waals surface area contributed by atoms with Gasteiger partial charge in [0.2, 0.25) is 0 Å². The zero-order valence-corrected chi connectivity index (χ0v) is 10.9. The molecular formula is C16H20FNO. The molecule has 2 bridgehead atoms. The van der Waals surface area contributed by atoms with E-state index < -0.39 is 6.10 Å². The molecule has 1 aromatic rings. The number of benzene rings is 1. The molecule has 0 radical (unpaired) electrons. The van der Waals surface area contributed by atoms with Gasteiger partial charge in [0.25, 0.3) is 0 Å². The van der Waals surface area contributed by atoms with Crippen LogP contribution < -0.4 is 5.32 Å². The van der Waals surface area contributed by atoms with Crippen molar-refractivity contribution in [3.63, 3.8) is 0 Å². The highest BCUT2D eigenvalue weighted by Crippen LogP contribution is 2.42. The molecule has 3 rings (SSSR count). The molecule has 102 valence electrons. The maximum atomic E-state index is 12.8. The molecule has 4 unspecified atom stereocenters. The van der Waals surface area contributed by atoms with Crippen molar-refractivity contribution in [2.45, 2.75) is 18.9 Å². The van der Waals surface area contributed by atoms with Gasteiger partial charge in [0.05, 0.1) is 6.10 Å². The topological polar surface area (TPSA) is 32.3 Å². The number of hydrogen-bond acceptors (Lipinski definition) is 2. The fourth-order valence-electron chi connectivity index (χ4n) is 3.34. The standard InChI is InChI=1S/C16H20FNO/c17-15-5-3-12(4-6-15)16(19)10-18-9-14-8-11-1-2-13(14)7-11/h1-6,11,13-14,16,18-19H,7-10H2. The molecule has 1 aromatic carbocycles. The smallest absolute Gasteiger partial charge is 0.123 e. The normalized spacial score (nSPS) is 29.9. The van der Waals surface area contributed by atoms with Gasteiger partial charge in [-0.1, -0.05) is 24.3 Å². The summed E-state index contributed by atoms with van der Waals surface area (Å²) in [6.45, 7) is 1.49. The van der Waals surface area contributed by atoms with Gasteiger partial charge in [-0.25, -0.2) is 4.39 Å². The lowest BCUT2D eigenvalue weighted by Crippen LogP contribution is -2.29. The van der Waals surface area contributed by atoms with Gasteiger partial charge < -0.3 is 10.4 Å². The summed E-state index contributed by atoms with van der Waals surface area (Å²) in [5, 5.41) is 13.4. The van der Waals surface area contributed by atoms with Crippen molar-refractivity contribution in [1.82, 2.24) is 5.32 Å². The Bertz CT molecular complexity index is 456. The first kappa shape index (κ1) is 12.8. The molecule has 2 nitrogen and oxygen atoms in total. The Kier molecular flexibility index (Phi) is 3.67. The van der Waals surface area contributed by atoms with Crippen LogP contribution in [0.2, 0.25) is 0 Å². The summed E-state index contributed by atoms with van der Waals surface area (Å²) in [6.07, 6.45) is 6.72. The van der Waals surface area contributed by atoms with Crippen molar-refractivity contribution >= 4 is 0 Å². The second-order valence-corrected chi connectivity index (χ2v) is 5.77. The summed E-state index contributed by atoms with van der Waals surface area (Å²) in [5.41, 5.74) is 0.765. The van der Waals surface area contributed by atoms with E-state index in [1.54, 1.807) is 12.1 Å². The van der Waals surface area contributed by atoms with Crippen LogP contribution in [0.15, 0.2) is 36.4 Å². The van der Waals surface area contributed by atoms with E-state index >= 15 is 0 Å². The number of fused-ring (bicyclic) bond motifs is 2. The molecule has 1 fully saturated rings. The van der Waals surface area contributed by atoms with Crippen LogP contribution in [0, 0.1) is 23.6 Å². The number of hydrogen-bond donors (Lipinski definition) is 2. The second kappa shape index (κ2) is 5.43. The molecule has 4 atom stereocenters. The van der Waals surface area contributed by atoms with Crippen LogP contribution in [0.3, 0.4) is 0 Å². The third kappa shape index (κ3) is 2.88. The van der Waals surface area contributed by atoms with Crippen molar-refractivity contribution in [3.05, 3.63) is 47.8 Å². The minimum absolute atomic E-state index is 0.266. The molecule has 2 aliphatic carbocycles. The van der Waals surface area contributed by atoms with E-state index in [-0.39, 0.29) is 5.82 Å². The van der Waals surface area contributed by atoms with Crippen molar-refractivity contribution in [3.8, 4) is 0 Å². The highest BCUT2D eigenvalue weighted by molar-refractivity contribution is 5.18. The molecule has 1 saturated carbocycles. The van der Waals surface area contributed by atoms with Gasteiger partial charge in [-0.05, 0) is 54.8 Å². The van der Waals surface area contributed by atoms with Gasteiger partial charge >= 0.3 is 0 Å². The van der Waals surface area contributed by atoms with Gasteiger partial charge in [0.15, 0.2) is 0 Å². The van der Waals surface area contributed by atoms with Crippen LogP contribution in [0.25, 0.3) is 0 Å². The summed E-state index contributed by atoms with van der Waals surface area (Å²) in [7, 11) is 0. The van der Waals surface area contributed by atoms with Gasteiger partial charge in [-0.2, -0.15) is 0 Å². The summed E-state index contributed by atoms with van der Waals surface area (Å²) in [5.74, 6) is 1.98. The third-order valence-electron chi connectivity index (χ3n) is 4.42. The monoisotopic (exact) mass is 261 g/mol. The second-order valence-electron chi connectivity index (χ2n) is 5.77. The first-order valence-corrected chi connectivity index (χ1v) is 7.05. The average Bonchev–Trinajstić information content (AvgIpc) is 3.02. The molecule has 0 aliphatic heterocycles. The van der Waals surface area contributed by atoms with Gasteiger partial charge in [0.1, 0.15) is 5.82 Å². The van der Waals surface area contributed by atoms with Crippen molar-refractivity contribution < 1.29 is 9.50 Å². The van der Waals surface area contributed by atoms with E-state index in [1.165, 1.54) is 25.0 Å². The largest absolute Gasteiger partial charge is 0.387 e. The Morgan fingerprint density at radius 3 is 2.63 bits per heavy atom. The summed E-state index contributed by atoms with van der Waals surface area (Å²) >= 11 is 0. The van der Waals surface area contributed by atoms with Crippen LogP contribution in [-0.4, -0.2) is 18.2 Å². The summed E-state index contributed by atoms with van der Waals surface area (Å²) in [6, 6.07) is 6.06. The fourth-order valence-corrected chi connectivity index (χ4v) is 3.34. The van der Waals surface area contributed by atoms with Gasteiger partial charge in [-0.3, -0.25) is 0 Å². The lowest BCUT2D eigenvalue weighted by Gasteiger charge is -2.20. The Hall–Kier alpha value is -1.19. The lowest BCUT2D eigenvalue weighted by atomic mass is 9.93. The maximum Gasteiger partial charge on any atom is 0.123 e. The fraction of sp³-hybridized carbons (Fsp3) is 0.500. The number of rotatable bonds is 5. The third-order valence-corrected chi connectivity index (χ3v) is 4.42. The number of halogens is 1. The van der Waals surface area contributed by atoms with Crippen molar-refractivity contribution in [2.75, 3.05) is 13.1 Å². The SMILES string of the molecule is OC(CNCC1CC2C=CC1C2)c1ccc(F)cc1. The van der Waals surface area contributed by atoms with Crippen LogP contribution in [0.1, 0.15) is 24.5 Å². The first-order valence-electron chi connectivity index (χ1n) is 7.05. The first-order chi connectivity index (χ1) is 9.22. The van der Waals surface area contributed by atoms with E-state index in [0.29, 0.717) is 6.54 Å². The van der Waals surface area contributed by atoms with E-state index in [0.717, 1.165) is 29.9 Å². The zero-order chi connectivity index (χ0) is 13.2. The maximum absolute atomic E-state index is 12.8. The summed E-state index contributed by atoms with van der Waals surface area (Å²) in [4.78, 5) is 0. The average molecular weight is 261 g/mol. The number of allylic oxidation sites excluding steroid dienone is 2. The Morgan fingerprint density at radius 1 is 1.21 bits per heavy atom. The predicted octanol–water partition coefficient (Wildman–Crippen LogP) is 2.66. The van der Waals surface area contributed by atoms with E-state index in [2.05, 4.69) is 17.5 Å². The van der Waals surface area contributed by atoms with E-state index in [9.17, 15) is 9.50 Å². The molecule has 0 aromatic heterocycles. The molecule has 2 aliphatic rings. The van der Waals surface area contributed by atoms with Gasteiger partial charge in [-0.15, -0.1) is 0 Å². The van der Waals surface area contributed by atoms with E-state index in [4.69, 9.17) is 0 Å². The molecule has 0 spiro atoms. The predicted molar refractivity (Wildman–Crippen MR) is 73.1 cm³/mol. The molecule has 0 saturated heterocycles. The quantitative estimate of drug-likeness (QED) is 0.799. The van der Waals surface area contributed by atoms with Crippen LogP contribution in [0.5, 0.6) is 0 Å². The van der Waals surface area contributed by atoms with Crippen molar-refractivity contribution in [2.24, 2.45) is 17.8 Å². The Morgan fingerprint density at radius 2 is 2.00 bits per heavy atom. The summed E-state index contributed by atoms with van der Waals surface area (Å²) < 4.78 is 12.8. The highest BCUT2D eigenvalue weighted by Gasteiger charge is 2.34. The molecule has 19 heavy (non-hydrogen) atoms. The van der Waals surface area contributed by atoms with Gasteiger partial charge in [0, 0.05) is 6.54 Å².